The van der Waals surface area contributed by atoms with Gasteiger partial charge in [0.1, 0.15) is 5.82 Å². The molecule has 3 rings (SSSR count). The Morgan fingerprint density at radius 3 is 3.10 bits per heavy atom. The highest BCUT2D eigenvalue weighted by atomic mass is 35.5. The molecule has 5 nitrogen and oxygen atoms in total. The van der Waals surface area contributed by atoms with E-state index in [2.05, 4.69) is 10.3 Å². The molecule has 1 aliphatic heterocycles. The van der Waals surface area contributed by atoms with E-state index in [-0.39, 0.29) is 5.92 Å². The number of esters is 1. The number of ether oxygens (including phenoxy) is 1. The van der Waals surface area contributed by atoms with Crippen LogP contribution in [0.1, 0.15) is 35.1 Å². The van der Waals surface area contributed by atoms with Crippen LogP contribution in [0.25, 0.3) is 5.52 Å². The number of rotatable bonds is 2. The van der Waals surface area contributed by atoms with Crippen LogP contribution in [0.2, 0.25) is 5.02 Å². The van der Waals surface area contributed by atoms with Gasteiger partial charge in [-0.3, -0.25) is 0 Å². The highest BCUT2D eigenvalue weighted by Crippen LogP contribution is 2.26. The van der Waals surface area contributed by atoms with Crippen LogP contribution in [0.15, 0.2) is 18.3 Å². The first-order chi connectivity index (χ1) is 9.70. The Hall–Kier alpha value is -1.59. The molecule has 2 aromatic heterocycles. The molecule has 6 heteroatoms. The summed E-state index contributed by atoms with van der Waals surface area (Å²) in [6, 6.07) is 3.56. The highest BCUT2D eigenvalue weighted by Gasteiger charge is 2.24. The fourth-order valence-electron chi connectivity index (χ4n) is 2.69. The second-order valence-electron chi connectivity index (χ2n) is 4.96. The van der Waals surface area contributed by atoms with E-state index in [9.17, 15) is 4.79 Å². The van der Waals surface area contributed by atoms with Gasteiger partial charge in [0.15, 0.2) is 5.69 Å². The number of carbonyl (C=O) groups is 1. The number of piperidine rings is 1. The first-order valence-electron chi connectivity index (χ1n) is 6.67. The van der Waals surface area contributed by atoms with Gasteiger partial charge < -0.3 is 14.5 Å². The van der Waals surface area contributed by atoms with Gasteiger partial charge in [0.05, 0.1) is 17.6 Å². The van der Waals surface area contributed by atoms with E-state index in [1.165, 1.54) is 7.11 Å². The van der Waals surface area contributed by atoms with Gasteiger partial charge in [0.2, 0.25) is 0 Å². The second-order valence-corrected chi connectivity index (χ2v) is 5.39. The normalized spacial score (nSPS) is 19.2. The Labute approximate surface area is 121 Å². The Balaban J connectivity index is 2.15. The number of halogens is 1. The van der Waals surface area contributed by atoms with Crippen molar-refractivity contribution in [1.82, 2.24) is 14.7 Å². The van der Waals surface area contributed by atoms with Crippen molar-refractivity contribution in [2.45, 2.75) is 18.8 Å². The van der Waals surface area contributed by atoms with Crippen LogP contribution in [-0.4, -0.2) is 35.6 Å². The molecular formula is C14H16ClN3O2. The van der Waals surface area contributed by atoms with Crippen molar-refractivity contribution in [3.05, 3.63) is 34.9 Å². The van der Waals surface area contributed by atoms with Crippen LogP contribution in [0, 0.1) is 0 Å². The van der Waals surface area contributed by atoms with Crippen molar-refractivity contribution < 1.29 is 9.53 Å². The molecule has 0 aliphatic carbocycles. The summed E-state index contributed by atoms with van der Waals surface area (Å²) in [4.78, 5) is 16.4. The maximum atomic E-state index is 11.9. The van der Waals surface area contributed by atoms with E-state index in [0.29, 0.717) is 10.7 Å². The number of hydrogen-bond donors (Lipinski definition) is 1. The van der Waals surface area contributed by atoms with Crippen LogP contribution in [0.3, 0.4) is 0 Å². The van der Waals surface area contributed by atoms with Crippen LogP contribution in [0.4, 0.5) is 0 Å². The standard InChI is InChI=1S/C14H16ClN3O2/c1-20-14(19)12-11-5-4-10(15)8-18(11)13(17-12)9-3-2-6-16-7-9/h4-5,8-9,16H,2-3,6-7H2,1H3. The monoisotopic (exact) mass is 293 g/mol. The van der Waals surface area contributed by atoms with Crippen LogP contribution < -0.4 is 5.32 Å². The van der Waals surface area contributed by atoms with Gasteiger partial charge in [0, 0.05) is 18.7 Å². The molecule has 20 heavy (non-hydrogen) atoms. The van der Waals surface area contributed by atoms with Gasteiger partial charge in [-0.25, -0.2) is 9.78 Å². The first-order valence-corrected chi connectivity index (χ1v) is 7.05. The fourth-order valence-corrected chi connectivity index (χ4v) is 2.85. The van der Waals surface area contributed by atoms with E-state index in [1.54, 1.807) is 18.3 Å². The zero-order valence-electron chi connectivity index (χ0n) is 11.2. The van der Waals surface area contributed by atoms with Crippen LogP contribution in [-0.2, 0) is 4.74 Å². The molecule has 0 radical (unpaired) electrons. The summed E-state index contributed by atoms with van der Waals surface area (Å²) in [5.41, 5.74) is 1.09. The lowest BCUT2D eigenvalue weighted by molar-refractivity contribution is 0.0596. The number of pyridine rings is 1. The molecular weight excluding hydrogens is 278 g/mol. The van der Waals surface area contributed by atoms with Gasteiger partial charge in [0.25, 0.3) is 0 Å². The molecule has 0 saturated carbocycles. The van der Waals surface area contributed by atoms with Crippen molar-refractivity contribution in [2.75, 3.05) is 20.2 Å². The van der Waals surface area contributed by atoms with Crippen molar-refractivity contribution in [1.29, 1.82) is 0 Å². The largest absolute Gasteiger partial charge is 0.464 e. The topological polar surface area (TPSA) is 55.6 Å². The van der Waals surface area contributed by atoms with E-state index in [1.807, 2.05) is 4.40 Å². The fraction of sp³-hybridized carbons (Fsp3) is 0.429. The number of methoxy groups -OCH3 is 1. The van der Waals surface area contributed by atoms with Crippen molar-refractivity contribution in [3.63, 3.8) is 0 Å². The molecule has 1 unspecified atom stereocenters. The Kier molecular flexibility index (Phi) is 3.63. The molecule has 1 saturated heterocycles. The minimum atomic E-state index is -0.417. The molecule has 1 fully saturated rings. The summed E-state index contributed by atoms with van der Waals surface area (Å²) in [6.07, 6.45) is 3.97. The van der Waals surface area contributed by atoms with E-state index in [4.69, 9.17) is 16.3 Å². The quantitative estimate of drug-likeness (QED) is 0.863. The van der Waals surface area contributed by atoms with Crippen LogP contribution in [0.5, 0.6) is 0 Å². The summed E-state index contributed by atoms with van der Waals surface area (Å²) >= 11 is 6.07. The maximum absolute atomic E-state index is 11.9. The molecule has 0 aromatic carbocycles. The molecule has 1 aliphatic rings. The molecule has 106 valence electrons. The summed E-state index contributed by atoms with van der Waals surface area (Å²) in [5.74, 6) is 0.739. The molecule has 0 amide bonds. The van der Waals surface area contributed by atoms with E-state index < -0.39 is 5.97 Å². The average molecular weight is 294 g/mol. The predicted octanol–water partition coefficient (Wildman–Crippen LogP) is 2.24. The maximum Gasteiger partial charge on any atom is 0.358 e. The van der Waals surface area contributed by atoms with Crippen molar-refractivity contribution >= 4 is 23.1 Å². The van der Waals surface area contributed by atoms with Gasteiger partial charge in [-0.15, -0.1) is 0 Å². The first kappa shape index (κ1) is 13.4. The van der Waals surface area contributed by atoms with E-state index in [0.717, 1.165) is 37.3 Å². The highest BCUT2D eigenvalue weighted by molar-refractivity contribution is 6.30. The van der Waals surface area contributed by atoms with Crippen molar-refractivity contribution in [3.8, 4) is 0 Å². The summed E-state index contributed by atoms with van der Waals surface area (Å²) in [5, 5.41) is 3.98. The van der Waals surface area contributed by atoms with Gasteiger partial charge in [-0.1, -0.05) is 11.6 Å². The number of hydrogen-bond acceptors (Lipinski definition) is 4. The third-order valence-corrected chi connectivity index (χ3v) is 3.89. The summed E-state index contributed by atoms with van der Waals surface area (Å²) < 4.78 is 6.72. The SMILES string of the molecule is COC(=O)c1nc(C2CCCNC2)n2cc(Cl)ccc12. The second kappa shape index (κ2) is 5.42. The molecule has 0 spiro atoms. The van der Waals surface area contributed by atoms with Crippen LogP contribution >= 0.6 is 11.6 Å². The molecule has 1 N–H and O–H groups in total. The molecule has 0 bridgehead atoms. The summed E-state index contributed by atoms with van der Waals surface area (Å²) in [6.45, 7) is 1.90. The average Bonchev–Trinajstić information content (AvgIpc) is 2.86. The minimum absolute atomic E-state index is 0.285. The lowest BCUT2D eigenvalue weighted by Gasteiger charge is -2.21. The van der Waals surface area contributed by atoms with Crippen molar-refractivity contribution in [2.24, 2.45) is 0 Å². The molecule has 1 atom stereocenters. The van der Waals surface area contributed by atoms with Gasteiger partial charge >= 0.3 is 5.97 Å². The number of fused-ring (bicyclic) bond motifs is 1. The number of aromatic nitrogens is 2. The zero-order chi connectivity index (χ0) is 14.1. The predicted molar refractivity (Wildman–Crippen MR) is 76.4 cm³/mol. The lowest BCUT2D eigenvalue weighted by atomic mass is 9.99. The van der Waals surface area contributed by atoms with E-state index >= 15 is 0 Å². The zero-order valence-corrected chi connectivity index (χ0v) is 12.0. The third kappa shape index (κ3) is 2.27. The van der Waals surface area contributed by atoms with Gasteiger partial charge in [-0.2, -0.15) is 0 Å². The Morgan fingerprint density at radius 1 is 1.55 bits per heavy atom. The number of nitrogens with one attached hydrogen (secondary N) is 1. The lowest BCUT2D eigenvalue weighted by Crippen LogP contribution is -2.29. The summed E-state index contributed by atoms with van der Waals surface area (Å²) in [7, 11) is 1.37. The number of nitrogens with zero attached hydrogens (tertiary/aromatic N) is 2. The number of imidazole rings is 1. The smallest absolute Gasteiger partial charge is 0.358 e. The third-order valence-electron chi connectivity index (χ3n) is 3.67. The minimum Gasteiger partial charge on any atom is -0.464 e. The van der Waals surface area contributed by atoms with Gasteiger partial charge in [-0.05, 0) is 31.5 Å². The molecule has 3 heterocycles. The Morgan fingerprint density at radius 2 is 2.40 bits per heavy atom. The number of carbonyl (C=O) groups excluding carboxylic acids is 1. The molecule has 2 aromatic rings. The Bertz CT molecular complexity index is 647.